The molecule has 1 saturated heterocycles. The molecule has 1 fully saturated rings. The van der Waals surface area contributed by atoms with Gasteiger partial charge in [0.05, 0.1) is 25.8 Å². The zero-order valence-corrected chi connectivity index (χ0v) is 12.1. The lowest BCUT2D eigenvalue weighted by Gasteiger charge is -2.40. The number of aliphatic hydroxyl groups excluding tert-OH is 8. The zero-order valence-electron chi connectivity index (χ0n) is 12.1. The van der Waals surface area contributed by atoms with Crippen molar-refractivity contribution in [2.24, 2.45) is 0 Å². The molecule has 0 amide bonds. The summed E-state index contributed by atoms with van der Waals surface area (Å²) in [5.41, 5.74) is 0. The van der Waals surface area contributed by atoms with Crippen LogP contribution < -0.4 is 5.32 Å². The van der Waals surface area contributed by atoms with Crippen LogP contribution in [-0.4, -0.2) is 115 Å². The number of Topliss-reactive ketones (excluding diaryl/α,β-unsaturated/α-hetero) is 1. The number of aliphatic hydroxyl groups is 8. The van der Waals surface area contributed by atoms with Crippen LogP contribution >= 0.6 is 0 Å². The van der Waals surface area contributed by atoms with Gasteiger partial charge in [0.2, 0.25) is 0 Å². The molecular formula is C12H23NO10. The maximum Gasteiger partial charge on any atom is 0.177 e. The van der Waals surface area contributed by atoms with E-state index in [9.17, 15) is 30.3 Å². The van der Waals surface area contributed by atoms with E-state index < -0.39 is 74.5 Å². The van der Waals surface area contributed by atoms with E-state index in [-0.39, 0.29) is 0 Å². The number of carbonyl (C=O) groups is 1. The van der Waals surface area contributed by atoms with Gasteiger partial charge < -0.3 is 50.9 Å². The van der Waals surface area contributed by atoms with Crippen LogP contribution in [0, 0.1) is 0 Å². The molecule has 11 nitrogen and oxygen atoms in total. The molecule has 0 bridgehead atoms. The summed E-state index contributed by atoms with van der Waals surface area (Å²) in [5.74, 6) is -0.983. The lowest BCUT2D eigenvalue weighted by atomic mass is 9.96. The minimum Gasteiger partial charge on any atom is -0.394 e. The number of ether oxygens (including phenoxy) is 1. The first-order valence-electron chi connectivity index (χ1n) is 6.96. The van der Waals surface area contributed by atoms with E-state index in [0.29, 0.717) is 0 Å². The van der Waals surface area contributed by atoms with E-state index in [1.807, 2.05) is 0 Å². The number of carbonyl (C=O) groups excluding carboxylic acids is 1. The fraction of sp³-hybridized carbons (Fsp3) is 0.917. The standard InChI is InChI=1S/C12H23NO10/c14-2-5(17)9(19)8(18)4(16)1-13-7-11(21)10(20)6(3-15)23-12(7)22/h5-15,17-22H,1-3H2/t5-,6-,7-,8-,9-,10-,11-,12?/m1/s1. The van der Waals surface area contributed by atoms with Crippen molar-refractivity contribution in [1.29, 1.82) is 0 Å². The Kier molecular flexibility index (Phi) is 7.89. The summed E-state index contributed by atoms with van der Waals surface area (Å²) in [4.78, 5) is 11.7. The monoisotopic (exact) mass is 341 g/mol. The molecule has 0 aromatic carbocycles. The van der Waals surface area contributed by atoms with Crippen LogP contribution in [0.4, 0.5) is 0 Å². The van der Waals surface area contributed by atoms with E-state index in [1.165, 1.54) is 0 Å². The van der Waals surface area contributed by atoms with Crippen LogP contribution in [0.25, 0.3) is 0 Å². The maximum absolute atomic E-state index is 11.7. The Morgan fingerprint density at radius 2 is 1.70 bits per heavy atom. The van der Waals surface area contributed by atoms with Gasteiger partial charge in [0.25, 0.3) is 0 Å². The summed E-state index contributed by atoms with van der Waals surface area (Å²) < 4.78 is 4.86. The van der Waals surface area contributed by atoms with Crippen LogP contribution in [0.2, 0.25) is 0 Å². The van der Waals surface area contributed by atoms with Gasteiger partial charge >= 0.3 is 0 Å². The molecule has 23 heavy (non-hydrogen) atoms. The molecule has 0 spiro atoms. The van der Waals surface area contributed by atoms with Crippen molar-refractivity contribution in [1.82, 2.24) is 5.32 Å². The molecular weight excluding hydrogens is 318 g/mol. The number of nitrogens with one attached hydrogen (secondary N) is 1. The highest BCUT2D eigenvalue weighted by molar-refractivity contribution is 5.85. The Morgan fingerprint density at radius 3 is 2.22 bits per heavy atom. The molecule has 0 radical (unpaired) electrons. The summed E-state index contributed by atoms with van der Waals surface area (Å²) >= 11 is 0. The topological polar surface area (TPSA) is 200 Å². The van der Waals surface area contributed by atoms with Gasteiger partial charge in [0.15, 0.2) is 12.1 Å². The minimum atomic E-state index is -2.00. The zero-order chi connectivity index (χ0) is 17.7. The van der Waals surface area contributed by atoms with Crippen LogP contribution in [0.3, 0.4) is 0 Å². The third-order valence-electron chi connectivity index (χ3n) is 3.65. The fourth-order valence-electron chi connectivity index (χ4n) is 2.15. The Balaban J connectivity index is 2.58. The second-order valence-electron chi connectivity index (χ2n) is 5.29. The molecule has 0 aromatic heterocycles. The Bertz CT molecular complexity index is 383. The first kappa shape index (κ1) is 20.3. The third-order valence-corrected chi connectivity index (χ3v) is 3.65. The molecule has 0 aromatic rings. The van der Waals surface area contributed by atoms with Crippen molar-refractivity contribution in [3.8, 4) is 0 Å². The molecule has 8 atom stereocenters. The Labute approximate surface area is 131 Å². The van der Waals surface area contributed by atoms with Crippen LogP contribution in [0.5, 0.6) is 0 Å². The smallest absolute Gasteiger partial charge is 0.177 e. The van der Waals surface area contributed by atoms with E-state index in [1.54, 1.807) is 0 Å². The normalized spacial score (nSPS) is 35.6. The first-order valence-corrected chi connectivity index (χ1v) is 6.96. The van der Waals surface area contributed by atoms with E-state index in [4.69, 9.17) is 20.1 Å². The van der Waals surface area contributed by atoms with Crippen molar-refractivity contribution in [3.63, 3.8) is 0 Å². The van der Waals surface area contributed by atoms with E-state index in [2.05, 4.69) is 5.32 Å². The quantitative estimate of drug-likeness (QED) is 0.203. The van der Waals surface area contributed by atoms with Gasteiger partial charge in [0.1, 0.15) is 36.6 Å². The summed E-state index contributed by atoms with van der Waals surface area (Å²) in [7, 11) is 0. The molecule has 1 rings (SSSR count). The van der Waals surface area contributed by atoms with Crippen molar-refractivity contribution in [3.05, 3.63) is 0 Å². The molecule has 136 valence electrons. The van der Waals surface area contributed by atoms with Gasteiger partial charge in [-0.3, -0.25) is 4.79 Å². The minimum absolute atomic E-state index is 0.630. The van der Waals surface area contributed by atoms with Crippen LogP contribution in [0.15, 0.2) is 0 Å². The molecule has 1 aliphatic heterocycles. The summed E-state index contributed by atoms with van der Waals surface area (Å²) in [6.45, 7) is -2.12. The largest absolute Gasteiger partial charge is 0.394 e. The van der Waals surface area contributed by atoms with Crippen molar-refractivity contribution < 1.29 is 50.4 Å². The Morgan fingerprint density at radius 1 is 1.09 bits per heavy atom. The molecule has 1 heterocycles. The van der Waals surface area contributed by atoms with Crippen molar-refractivity contribution in [2.75, 3.05) is 19.8 Å². The van der Waals surface area contributed by atoms with E-state index >= 15 is 0 Å². The highest BCUT2D eigenvalue weighted by atomic mass is 16.6. The highest BCUT2D eigenvalue weighted by Crippen LogP contribution is 2.19. The average Bonchev–Trinajstić information content (AvgIpc) is 2.55. The van der Waals surface area contributed by atoms with Gasteiger partial charge in [-0.05, 0) is 0 Å². The molecule has 1 unspecified atom stereocenters. The fourth-order valence-corrected chi connectivity index (χ4v) is 2.15. The van der Waals surface area contributed by atoms with Gasteiger partial charge in [-0.15, -0.1) is 0 Å². The first-order chi connectivity index (χ1) is 10.7. The molecule has 11 heteroatoms. The summed E-state index contributed by atoms with van der Waals surface area (Å²) in [6, 6.07) is -1.29. The third kappa shape index (κ3) is 4.87. The number of rotatable bonds is 8. The average molecular weight is 341 g/mol. The van der Waals surface area contributed by atoms with E-state index in [0.717, 1.165) is 0 Å². The van der Waals surface area contributed by atoms with Crippen LogP contribution in [0.1, 0.15) is 0 Å². The van der Waals surface area contributed by atoms with Gasteiger partial charge in [-0.25, -0.2) is 0 Å². The summed E-state index contributed by atoms with van der Waals surface area (Å²) in [5, 5.41) is 77.2. The number of hydrogen-bond acceptors (Lipinski definition) is 11. The summed E-state index contributed by atoms with van der Waals surface area (Å²) in [6.07, 6.45) is -11.5. The predicted molar refractivity (Wildman–Crippen MR) is 71.9 cm³/mol. The Hall–Kier alpha value is -0.730. The molecule has 0 saturated carbocycles. The number of hydrogen-bond donors (Lipinski definition) is 9. The predicted octanol–water partition coefficient (Wildman–Crippen LogP) is -5.98. The molecule has 9 N–H and O–H groups in total. The van der Waals surface area contributed by atoms with Crippen molar-refractivity contribution >= 4 is 5.78 Å². The second kappa shape index (κ2) is 8.94. The second-order valence-corrected chi connectivity index (χ2v) is 5.29. The van der Waals surface area contributed by atoms with Crippen LogP contribution in [-0.2, 0) is 9.53 Å². The SMILES string of the molecule is O=C(CN[C@H]1C(O)O[C@H](CO)[C@@H](O)[C@@H]1O)[C@@H](O)[C@H](O)[C@H](O)CO. The van der Waals surface area contributed by atoms with Gasteiger partial charge in [-0.2, -0.15) is 0 Å². The lowest BCUT2D eigenvalue weighted by molar-refractivity contribution is -0.254. The molecule has 0 aliphatic carbocycles. The number of ketones is 1. The maximum atomic E-state index is 11.7. The lowest BCUT2D eigenvalue weighted by Crippen LogP contribution is -2.64. The van der Waals surface area contributed by atoms with Crippen molar-refractivity contribution in [2.45, 2.75) is 49.0 Å². The molecule has 1 aliphatic rings. The van der Waals surface area contributed by atoms with Gasteiger partial charge in [0, 0.05) is 0 Å². The highest BCUT2D eigenvalue weighted by Gasteiger charge is 2.43. The van der Waals surface area contributed by atoms with Gasteiger partial charge in [-0.1, -0.05) is 0 Å².